The summed E-state index contributed by atoms with van der Waals surface area (Å²) in [6.45, 7) is 8.22. The van der Waals surface area contributed by atoms with E-state index in [2.05, 4.69) is 13.8 Å². The number of hydrogen-bond acceptors (Lipinski definition) is 4. The third-order valence-corrected chi connectivity index (χ3v) is 3.88. The molecule has 1 aromatic rings. The first kappa shape index (κ1) is 14.9. The molecule has 0 N–H and O–H groups in total. The Morgan fingerprint density at radius 3 is 2.60 bits per heavy atom. The lowest BCUT2D eigenvalue weighted by Gasteiger charge is -2.35. The van der Waals surface area contributed by atoms with Gasteiger partial charge in [0.1, 0.15) is 17.1 Å². The van der Waals surface area contributed by atoms with Gasteiger partial charge in [-0.25, -0.2) is 0 Å². The first-order valence-corrected chi connectivity index (χ1v) is 6.83. The average Bonchev–Trinajstić information content (AvgIpc) is 2.41. The highest BCUT2D eigenvalue weighted by molar-refractivity contribution is 5.85. The standard InChI is InChI=1S/C16H22O4/c1-10-11(2)15-12(6-7-16(3,4)20-15)13(8-17)14(10)19-9-18-5/h8H,6-7,9H2,1-5H3. The number of benzene rings is 1. The maximum absolute atomic E-state index is 11.5. The number of carbonyl (C=O) groups excluding carboxylic acids is 1. The van der Waals surface area contributed by atoms with E-state index in [0.29, 0.717) is 11.3 Å². The van der Waals surface area contributed by atoms with E-state index in [-0.39, 0.29) is 12.4 Å². The SMILES string of the molecule is COCOc1c(C)c(C)c2c(c1C=O)CCC(C)(C)O2. The Bertz CT molecular complexity index is 532. The molecule has 1 aliphatic rings. The summed E-state index contributed by atoms with van der Waals surface area (Å²) in [7, 11) is 1.56. The van der Waals surface area contributed by atoms with Gasteiger partial charge in [0, 0.05) is 12.7 Å². The predicted octanol–water partition coefficient (Wildman–Crippen LogP) is 3.20. The number of carbonyl (C=O) groups is 1. The summed E-state index contributed by atoms with van der Waals surface area (Å²) in [5, 5.41) is 0. The number of aldehydes is 1. The Morgan fingerprint density at radius 2 is 2.00 bits per heavy atom. The number of ether oxygens (including phenoxy) is 3. The van der Waals surface area contributed by atoms with Crippen LogP contribution in [0.1, 0.15) is 47.3 Å². The summed E-state index contributed by atoms with van der Waals surface area (Å²) in [6, 6.07) is 0. The summed E-state index contributed by atoms with van der Waals surface area (Å²) < 4.78 is 16.6. The molecule has 2 rings (SSSR count). The molecule has 4 heteroatoms. The van der Waals surface area contributed by atoms with Crippen LogP contribution < -0.4 is 9.47 Å². The van der Waals surface area contributed by atoms with Gasteiger partial charge in [0.05, 0.1) is 5.56 Å². The molecule has 0 radical (unpaired) electrons. The molecule has 0 spiro atoms. The summed E-state index contributed by atoms with van der Waals surface area (Å²) in [4.78, 5) is 11.5. The van der Waals surface area contributed by atoms with E-state index < -0.39 is 0 Å². The lowest BCUT2D eigenvalue weighted by atomic mass is 9.88. The van der Waals surface area contributed by atoms with Gasteiger partial charge < -0.3 is 14.2 Å². The van der Waals surface area contributed by atoms with Crippen LogP contribution in [0, 0.1) is 13.8 Å². The van der Waals surface area contributed by atoms with Gasteiger partial charge >= 0.3 is 0 Å². The summed E-state index contributed by atoms with van der Waals surface area (Å²) in [5.41, 5.74) is 3.31. The Labute approximate surface area is 120 Å². The van der Waals surface area contributed by atoms with Crippen LogP contribution in [-0.2, 0) is 11.2 Å². The summed E-state index contributed by atoms with van der Waals surface area (Å²) in [6.07, 6.45) is 2.56. The fraction of sp³-hybridized carbons (Fsp3) is 0.562. The van der Waals surface area contributed by atoms with Gasteiger partial charge in [0.2, 0.25) is 0 Å². The molecule has 0 aromatic heterocycles. The van der Waals surface area contributed by atoms with E-state index in [4.69, 9.17) is 14.2 Å². The van der Waals surface area contributed by atoms with Crippen LogP contribution in [0.5, 0.6) is 11.5 Å². The highest BCUT2D eigenvalue weighted by atomic mass is 16.7. The molecule has 0 saturated carbocycles. The van der Waals surface area contributed by atoms with Crippen LogP contribution in [0.3, 0.4) is 0 Å². The minimum Gasteiger partial charge on any atom is -0.487 e. The zero-order chi connectivity index (χ0) is 14.9. The molecular weight excluding hydrogens is 256 g/mol. The first-order valence-electron chi connectivity index (χ1n) is 6.83. The van der Waals surface area contributed by atoms with Gasteiger partial charge in [0.25, 0.3) is 0 Å². The molecule has 4 nitrogen and oxygen atoms in total. The fourth-order valence-corrected chi connectivity index (χ4v) is 2.60. The molecule has 1 aliphatic heterocycles. The molecule has 20 heavy (non-hydrogen) atoms. The highest BCUT2D eigenvalue weighted by Crippen LogP contribution is 2.43. The molecule has 0 aliphatic carbocycles. The van der Waals surface area contributed by atoms with Crippen molar-refractivity contribution in [3.05, 3.63) is 22.3 Å². The van der Waals surface area contributed by atoms with Crippen LogP contribution in [-0.4, -0.2) is 25.8 Å². The Balaban J connectivity index is 2.59. The first-order chi connectivity index (χ1) is 9.41. The zero-order valence-electron chi connectivity index (χ0n) is 12.8. The van der Waals surface area contributed by atoms with E-state index >= 15 is 0 Å². The second kappa shape index (κ2) is 5.44. The van der Waals surface area contributed by atoms with Gasteiger partial charge in [-0.1, -0.05) is 0 Å². The quantitative estimate of drug-likeness (QED) is 0.626. The fourth-order valence-electron chi connectivity index (χ4n) is 2.60. The average molecular weight is 278 g/mol. The maximum atomic E-state index is 11.5. The minimum atomic E-state index is -0.195. The zero-order valence-corrected chi connectivity index (χ0v) is 12.8. The minimum absolute atomic E-state index is 0.131. The largest absolute Gasteiger partial charge is 0.487 e. The number of fused-ring (bicyclic) bond motifs is 1. The molecule has 0 amide bonds. The van der Waals surface area contributed by atoms with E-state index in [1.807, 2.05) is 13.8 Å². The van der Waals surface area contributed by atoms with Crippen molar-refractivity contribution >= 4 is 6.29 Å². The summed E-state index contributed by atoms with van der Waals surface area (Å²) >= 11 is 0. The molecule has 0 saturated heterocycles. The van der Waals surface area contributed by atoms with Gasteiger partial charge in [-0.05, 0) is 51.7 Å². The Kier molecular flexibility index (Phi) is 4.04. The Morgan fingerprint density at radius 1 is 1.30 bits per heavy atom. The van der Waals surface area contributed by atoms with Crippen LogP contribution in [0.4, 0.5) is 0 Å². The monoisotopic (exact) mass is 278 g/mol. The third kappa shape index (κ3) is 2.52. The Hall–Kier alpha value is -1.55. The van der Waals surface area contributed by atoms with Crippen molar-refractivity contribution in [1.82, 2.24) is 0 Å². The molecule has 0 atom stereocenters. The van der Waals surface area contributed by atoms with Crippen LogP contribution in [0.2, 0.25) is 0 Å². The molecule has 0 unspecified atom stereocenters. The molecular formula is C16H22O4. The molecule has 0 bridgehead atoms. The lowest BCUT2D eigenvalue weighted by molar-refractivity contribution is 0.0489. The van der Waals surface area contributed by atoms with Gasteiger partial charge in [0.15, 0.2) is 13.1 Å². The molecule has 110 valence electrons. The smallest absolute Gasteiger partial charge is 0.188 e. The molecule has 0 fully saturated rings. The molecule has 1 heterocycles. The summed E-state index contributed by atoms with van der Waals surface area (Å²) in [5.74, 6) is 1.45. The lowest BCUT2D eigenvalue weighted by Crippen LogP contribution is -2.33. The van der Waals surface area contributed by atoms with E-state index in [1.54, 1.807) is 7.11 Å². The van der Waals surface area contributed by atoms with Crippen molar-refractivity contribution in [2.45, 2.75) is 46.1 Å². The van der Waals surface area contributed by atoms with Crippen molar-refractivity contribution in [2.24, 2.45) is 0 Å². The van der Waals surface area contributed by atoms with E-state index in [0.717, 1.165) is 41.6 Å². The highest BCUT2D eigenvalue weighted by Gasteiger charge is 2.32. The van der Waals surface area contributed by atoms with Crippen molar-refractivity contribution in [3.8, 4) is 11.5 Å². The topological polar surface area (TPSA) is 44.8 Å². The normalized spacial score (nSPS) is 16.2. The second-order valence-corrected chi connectivity index (χ2v) is 5.83. The van der Waals surface area contributed by atoms with Crippen LogP contribution in [0.25, 0.3) is 0 Å². The third-order valence-electron chi connectivity index (χ3n) is 3.88. The van der Waals surface area contributed by atoms with Crippen molar-refractivity contribution in [1.29, 1.82) is 0 Å². The maximum Gasteiger partial charge on any atom is 0.188 e. The predicted molar refractivity (Wildman–Crippen MR) is 76.8 cm³/mol. The second-order valence-electron chi connectivity index (χ2n) is 5.83. The number of methoxy groups -OCH3 is 1. The van der Waals surface area contributed by atoms with E-state index in [1.165, 1.54) is 0 Å². The van der Waals surface area contributed by atoms with Gasteiger partial charge in [-0.3, -0.25) is 4.79 Å². The van der Waals surface area contributed by atoms with Crippen molar-refractivity contribution < 1.29 is 19.0 Å². The number of rotatable bonds is 4. The van der Waals surface area contributed by atoms with E-state index in [9.17, 15) is 4.79 Å². The number of hydrogen-bond donors (Lipinski definition) is 0. The van der Waals surface area contributed by atoms with Crippen LogP contribution in [0.15, 0.2) is 0 Å². The van der Waals surface area contributed by atoms with Gasteiger partial charge in [-0.15, -0.1) is 0 Å². The molecule has 1 aromatic carbocycles. The van der Waals surface area contributed by atoms with Gasteiger partial charge in [-0.2, -0.15) is 0 Å². The van der Waals surface area contributed by atoms with Crippen molar-refractivity contribution in [3.63, 3.8) is 0 Å². The van der Waals surface area contributed by atoms with Crippen molar-refractivity contribution in [2.75, 3.05) is 13.9 Å². The van der Waals surface area contributed by atoms with Crippen LogP contribution >= 0.6 is 0 Å².